The van der Waals surface area contributed by atoms with E-state index in [-0.39, 0.29) is 23.0 Å². The first-order valence-electron chi connectivity index (χ1n) is 12.8. The van der Waals surface area contributed by atoms with E-state index in [1.165, 1.54) is 11.0 Å². The molecule has 8 heteroatoms. The van der Waals surface area contributed by atoms with Crippen molar-refractivity contribution in [1.29, 1.82) is 0 Å². The summed E-state index contributed by atoms with van der Waals surface area (Å²) in [5, 5.41) is 11.4. The van der Waals surface area contributed by atoms with Crippen LogP contribution in [-0.2, 0) is 14.3 Å². The Morgan fingerprint density at radius 2 is 1.79 bits per heavy atom. The van der Waals surface area contributed by atoms with Crippen LogP contribution in [0.25, 0.3) is 5.76 Å². The first-order valence-corrected chi connectivity index (χ1v) is 12.8. The molecule has 0 radical (unpaired) electrons. The summed E-state index contributed by atoms with van der Waals surface area (Å²) in [6.07, 6.45) is 2.80. The van der Waals surface area contributed by atoms with Crippen molar-refractivity contribution >= 4 is 29.1 Å². The Kier molecular flexibility index (Phi) is 8.14. The molecule has 2 heterocycles. The molecule has 8 nitrogen and oxygen atoms in total. The molecular formula is C31H32N2O6. The van der Waals surface area contributed by atoms with Gasteiger partial charge in [0.15, 0.2) is 0 Å². The number of nitrogens with zero attached hydrogens (tertiary/aromatic N) is 2. The van der Waals surface area contributed by atoms with E-state index >= 15 is 0 Å². The first-order chi connectivity index (χ1) is 18.6. The van der Waals surface area contributed by atoms with E-state index in [4.69, 9.17) is 9.47 Å². The van der Waals surface area contributed by atoms with Gasteiger partial charge in [0.1, 0.15) is 11.5 Å². The second-order valence-electron chi connectivity index (χ2n) is 10.1. The van der Waals surface area contributed by atoms with Gasteiger partial charge in [0.2, 0.25) is 0 Å². The third-order valence-electron chi connectivity index (χ3n) is 6.17. The number of ether oxygens (including phenoxy) is 2. The molecule has 1 atom stereocenters. The van der Waals surface area contributed by atoms with E-state index in [0.29, 0.717) is 35.1 Å². The highest BCUT2D eigenvalue weighted by Gasteiger charge is 2.47. The Morgan fingerprint density at radius 1 is 1.03 bits per heavy atom. The number of rotatable bonds is 8. The summed E-state index contributed by atoms with van der Waals surface area (Å²) in [5.74, 6) is -1.49. The average molecular weight is 529 g/mol. The van der Waals surface area contributed by atoms with Gasteiger partial charge in [-0.15, -0.1) is 0 Å². The molecule has 0 spiro atoms. The number of aliphatic hydroxyl groups is 1. The standard InChI is InChI=1S/C31H32N2O6/c1-18(2)17-38-25-12-11-21(14-20(25)5)28(34)26-27(23-9-7-13-32-16-23)33(30(36)29(26)35)24-10-6-8-22(15-24)31(37)39-19(3)4/h6-16,18-19,27,34H,17H2,1-5H3/b28-26+. The van der Waals surface area contributed by atoms with Gasteiger partial charge in [0, 0.05) is 23.6 Å². The molecule has 1 fully saturated rings. The van der Waals surface area contributed by atoms with Gasteiger partial charge in [-0.3, -0.25) is 19.5 Å². The number of carbonyl (C=O) groups excluding carboxylic acids is 3. The summed E-state index contributed by atoms with van der Waals surface area (Å²) >= 11 is 0. The van der Waals surface area contributed by atoms with Gasteiger partial charge in [0.05, 0.1) is 29.9 Å². The molecular weight excluding hydrogens is 496 g/mol. The van der Waals surface area contributed by atoms with Gasteiger partial charge in [-0.1, -0.05) is 26.0 Å². The number of pyridine rings is 1. The van der Waals surface area contributed by atoms with Crippen LogP contribution in [0.4, 0.5) is 5.69 Å². The summed E-state index contributed by atoms with van der Waals surface area (Å²) < 4.78 is 11.1. The molecule has 3 aromatic rings. The molecule has 1 amide bonds. The quantitative estimate of drug-likeness (QED) is 0.175. The number of hydrogen-bond donors (Lipinski definition) is 1. The zero-order chi connectivity index (χ0) is 28.3. The van der Waals surface area contributed by atoms with Gasteiger partial charge in [0.25, 0.3) is 11.7 Å². The van der Waals surface area contributed by atoms with Crippen molar-refractivity contribution < 1.29 is 29.0 Å². The fraction of sp³-hybridized carbons (Fsp3) is 0.290. The third-order valence-corrected chi connectivity index (χ3v) is 6.17. The normalized spacial score (nSPS) is 16.7. The number of Topliss-reactive ketones (excluding diaryl/α,β-unsaturated/α-hetero) is 1. The third kappa shape index (κ3) is 5.85. The molecule has 1 aliphatic rings. The van der Waals surface area contributed by atoms with Gasteiger partial charge in [-0.2, -0.15) is 0 Å². The van der Waals surface area contributed by atoms with Crippen LogP contribution in [-0.4, -0.2) is 40.5 Å². The van der Waals surface area contributed by atoms with Crippen molar-refractivity contribution in [2.75, 3.05) is 11.5 Å². The monoisotopic (exact) mass is 528 g/mol. The predicted molar refractivity (Wildman–Crippen MR) is 148 cm³/mol. The molecule has 0 bridgehead atoms. The average Bonchev–Trinajstić information content (AvgIpc) is 3.17. The highest BCUT2D eigenvalue weighted by atomic mass is 16.5. The molecule has 202 valence electrons. The van der Waals surface area contributed by atoms with Crippen LogP contribution >= 0.6 is 0 Å². The molecule has 0 aliphatic carbocycles. The number of aliphatic hydroxyl groups excluding tert-OH is 1. The van der Waals surface area contributed by atoms with Crippen LogP contribution < -0.4 is 9.64 Å². The van der Waals surface area contributed by atoms with Crippen molar-refractivity contribution in [3.63, 3.8) is 0 Å². The number of hydrogen-bond acceptors (Lipinski definition) is 7. The second kappa shape index (κ2) is 11.5. The lowest BCUT2D eigenvalue weighted by atomic mass is 9.95. The van der Waals surface area contributed by atoms with Crippen molar-refractivity contribution in [3.8, 4) is 5.75 Å². The number of ketones is 1. The minimum atomic E-state index is -0.966. The molecule has 0 saturated carbocycles. The Labute approximate surface area is 227 Å². The maximum Gasteiger partial charge on any atom is 0.338 e. The minimum absolute atomic E-state index is 0.0709. The lowest BCUT2D eigenvalue weighted by molar-refractivity contribution is -0.132. The van der Waals surface area contributed by atoms with Gasteiger partial charge in [-0.05, 0) is 80.3 Å². The Balaban J connectivity index is 1.82. The van der Waals surface area contributed by atoms with Crippen LogP contribution in [0.2, 0.25) is 0 Å². The maximum absolute atomic E-state index is 13.4. The van der Waals surface area contributed by atoms with Crippen molar-refractivity contribution in [2.24, 2.45) is 5.92 Å². The number of carbonyl (C=O) groups is 3. The molecule has 1 saturated heterocycles. The second-order valence-corrected chi connectivity index (χ2v) is 10.1. The Morgan fingerprint density at radius 3 is 2.44 bits per heavy atom. The van der Waals surface area contributed by atoms with Crippen molar-refractivity contribution in [3.05, 3.63) is 94.8 Å². The first kappa shape index (κ1) is 27.6. The number of amides is 1. The molecule has 4 rings (SSSR count). The molecule has 1 aromatic heterocycles. The summed E-state index contributed by atoms with van der Waals surface area (Å²) in [4.78, 5) is 44.9. The summed E-state index contributed by atoms with van der Waals surface area (Å²) in [7, 11) is 0. The van der Waals surface area contributed by atoms with Crippen LogP contribution in [0.1, 0.15) is 60.8 Å². The zero-order valence-electron chi connectivity index (χ0n) is 22.7. The van der Waals surface area contributed by atoms with Gasteiger partial charge < -0.3 is 14.6 Å². The molecule has 1 aliphatic heterocycles. The van der Waals surface area contributed by atoms with Crippen LogP contribution in [0, 0.1) is 12.8 Å². The summed E-state index contributed by atoms with van der Waals surface area (Å²) in [6.45, 7) is 9.99. The Hall–Kier alpha value is -4.46. The van der Waals surface area contributed by atoms with Crippen LogP contribution in [0.3, 0.4) is 0 Å². The highest BCUT2D eigenvalue weighted by Crippen LogP contribution is 2.42. The van der Waals surface area contributed by atoms with Crippen LogP contribution in [0.15, 0.2) is 72.6 Å². The number of aryl methyl sites for hydroxylation is 1. The lowest BCUT2D eigenvalue weighted by Gasteiger charge is -2.25. The van der Waals surface area contributed by atoms with E-state index in [1.54, 1.807) is 74.8 Å². The zero-order valence-corrected chi connectivity index (χ0v) is 22.7. The number of aromatic nitrogens is 1. The molecule has 2 aromatic carbocycles. The largest absolute Gasteiger partial charge is 0.507 e. The molecule has 1 N–H and O–H groups in total. The van der Waals surface area contributed by atoms with Crippen molar-refractivity contribution in [2.45, 2.75) is 46.8 Å². The summed E-state index contributed by atoms with van der Waals surface area (Å²) in [6, 6.07) is 13.9. The smallest absolute Gasteiger partial charge is 0.338 e. The van der Waals surface area contributed by atoms with E-state index in [9.17, 15) is 19.5 Å². The minimum Gasteiger partial charge on any atom is -0.507 e. The van der Waals surface area contributed by atoms with E-state index in [0.717, 1.165) is 5.56 Å². The Bertz CT molecular complexity index is 1430. The topological polar surface area (TPSA) is 106 Å². The predicted octanol–water partition coefficient (Wildman–Crippen LogP) is 5.62. The van der Waals surface area contributed by atoms with Gasteiger partial charge in [-0.25, -0.2) is 4.79 Å². The van der Waals surface area contributed by atoms with Crippen molar-refractivity contribution in [1.82, 2.24) is 4.98 Å². The highest BCUT2D eigenvalue weighted by molar-refractivity contribution is 6.51. The van der Waals surface area contributed by atoms with E-state index < -0.39 is 23.7 Å². The van der Waals surface area contributed by atoms with E-state index in [1.807, 2.05) is 6.92 Å². The number of esters is 1. The SMILES string of the molecule is Cc1cc(/C(O)=C2\C(=O)C(=O)N(c3cccc(C(=O)OC(C)C)c3)C2c2cccnc2)ccc1OCC(C)C. The molecule has 1 unspecified atom stereocenters. The van der Waals surface area contributed by atoms with Gasteiger partial charge >= 0.3 is 5.97 Å². The lowest BCUT2D eigenvalue weighted by Crippen LogP contribution is -2.29. The fourth-order valence-electron chi connectivity index (χ4n) is 4.39. The molecule has 39 heavy (non-hydrogen) atoms. The number of benzene rings is 2. The number of anilines is 1. The maximum atomic E-state index is 13.4. The van der Waals surface area contributed by atoms with E-state index in [2.05, 4.69) is 18.8 Å². The van der Waals surface area contributed by atoms with Crippen LogP contribution in [0.5, 0.6) is 5.75 Å². The fourth-order valence-corrected chi connectivity index (χ4v) is 4.39. The summed E-state index contributed by atoms with van der Waals surface area (Å²) in [5.41, 5.74) is 2.17.